The lowest BCUT2D eigenvalue weighted by atomic mass is 9.92. The zero-order valence-corrected chi connectivity index (χ0v) is 25.5. The second-order valence-electron chi connectivity index (χ2n) is 9.26. The Balaban J connectivity index is 4.82. The Morgan fingerprint density at radius 1 is 0.511 bits per heavy atom. The molecule has 16 heteroatoms. The van der Waals surface area contributed by atoms with Crippen LogP contribution < -0.4 is 16.0 Å². The zero-order chi connectivity index (χ0) is 33.8. The summed E-state index contributed by atoms with van der Waals surface area (Å²) in [5, 5.41) is 18.9. The van der Waals surface area contributed by atoms with E-state index in [0.717, 1.165) is 18.2 Å². The Bertz CT molecular complexity index is 854. The van der Waals surface area contributed by atoms with Crippen molar-refractivity contribution in [2.45, 2.75) is 19.3 Å². The monoisotopic (exact) mass is 643 g/mol. The van der Waals surface area contributed by atoms with Gasteiger partial charge in [0, 0.05) is 57.5 Å². The summed E-state index contributed by atoms with van der Waals surface area (Å²) in [7, 11) is 0. The summed E-state index contributed by atoms with van der Waals surface area (Å²) < 4.78 is 30.3. The molecule has 0 aliphatic rings. The predicted octanol–water partition coefficient (Wildman–Crippen LogP) is -1.28. The van der Waals surface area contributed by atoms with Crippen LogP contribution in [0.2, 0.25) is 0 Å². The van der Waals surface area contributed by atoms with Gasteiger partial charge in [-0.25, -0.2) is 14.4 Å². The van der Waals surface area contributed by atoms with E-state index in [2.05, 4.69) is 35.7 Å². The lowest BCUT2D eigenvalue weighted by molar-refractivity contribution is -0.165. The van der Waals surface area contributed by atoms with E-state index in [4.69, 9.17) is 28.4 Å². The van der Waals surface area contributed by atoms with Gasteiger partial charge in [0.2, 0.25) is 0 Å². The first-order valence-corrected chi connectivity index (χ1v) is 14.2. The molecule has 16 nitrogen and oxygen atoms in total. The fourth-order valence-electron chi connectivity index (χ4n) is 2.97. The molecule has 0 unspecified atom stereocenters. The molecular weight excluding hydrogens is 598 g/mol. The van der Waals surface area contributed by atoms with Crippen LogP contribution in [0, 0.1) is 5.41 Å². The number of esters is 6. The molecule has 0 atom stereocenters. The maximum atomic E-state index is 12.3. The molecule has 0 saturated heterocycles. The molecule has 0 fully saturated rings. The number of ether oxygens (including phenoxy) is 6. The fraction of sp³-hybridized carbons (Fsp3) is 0.586. The Kier molecular flexibility index (Phi) is 23.9. The van der Waals surface area contributed by atoms with E-state index in [1.165, 1.54) is 0 Å². The van der Waals surface area contributed by atoms with Crippen LogP contribution >= 0.6 is 0 Å². The van der Waals surface area contributed by atoms with E-state index in [1.807, 2.05) is 0 Å². The molecule has 0 heterocycles. The minimum absolute atomic E-state index is 0.0575. The van der Waals surface area contributed by atoms with Crippen molar-refractivity contribution in [1.82, 2.24) is 16.0 Å². The molecule has 45 heavy (non-hydrogen) atoms. The molecule has 0 saturated carbocycles. The third-order valence-electron chi connectivity index (χ3n) is 5.54. The van der Waals surface area contributed by atoms with Crippen molar-refractivity contribution in [3.63, 3.8) is 0 Å². The van der Waals surface area contributed by atoms with Gasteiger partial charge in [-0.3, -0.25) is 14.4 Å². The first-order valence-electron chi connectivity index (χ1n) is 14.2. The van der Waals surface area contributed by atoms with E-state index in [9.17, 15) is 33.9 Å². The molecule has 0 aromatic carbocycles. The highest BCUT2D eigenvalue weighted by atomic mass is 16.6. The van der Waals surface area contributed by atoms with Crippen LogP contribution in [0.3, 0.4) is 0 Å². The molecule has 0 aliphatic carbocycles. The number of carbonyl (C=O) groups is 6. The van der Waals surface area contributed by atoms with Gasteiger partial charge in [-0.2, -0.15) is 0 Å². The molecule has 4 N–H and O–H groups in total. The van der Waals surface area contributed by atoms with Gasteiger partial charge in [-0.15, -0.1) is 0 Å². The van der Waals surface area contributed by atoms with E-state index in [0.29, 0.717) is 19.6 Å². The van der Waals surface area contributed by atoms with Crippen LogP contribution in [0.25, 0.3) is 0 Å². The van der Waals surface area contributed by atoms with E-state index >= 15 is 0 Å². The van der Waals surface area contributed by atoms with E-state index in [-0.39, 0.29) is 58.7 Å². The van der Waals surface area contributed by atoms with Crippen LogP contribution in [0.5, 0.6) is 0 Å². The molecule has 0 aromatic heterocycles. The van der Waals surface area contributed by atoms with Crippen LogP contribution in [-0.2, 0) is 57.2 Å². The maximum Gasteiger partial charge on any atom is 0.330 e. The molecule has 0 aromatic rings. The highest BCUT2D eigenvalue weighted by Crippen LogP contribution is 2.20. The van der Waals surface area contributed by atoms with Gasteiger partial charge >= 0.3 is 35.8 Å². The summed E-state index contributed by atoms with van der Waals surface area (Å²) in [6, 6.07) is 0. The van der Waals surface area contributed by atoms with Gasteiger partial charge in [0.05, 0.1) is 31.3 Å². The first kappa shape index (κ1) is 40.9. The number of carbonyl (C=O) groups excluding carboxylic acids is 6. The van der Waals surface area contributed by atoms with Crippen molar-refractivity contribution < 1.29 is 62.3 Å². The molecule has 0 spiro atoms. The maximum absolute atomic E-state index is 12.3. The number of nitrogens with one attached hydrogen (secondary N) is 3. The summed E-state index contributed by atoms with van der Waals surface area (Å²) in [5.41, 5.74) is -1.44. The topological polar surface area (TPSA) is 214 Å². The van der Waals surface area contributed by atoms with Gasteiger partial charge in [0.15, 0.2) is 0 Å². The smallest absolute Gasteiger partial charge is 0.330 e. The highest BCUT2D eigenvalue weighted by Gasteiger charge is 2.35. The number of aliphatic hydroxyl groups is 1. The summed E-state index contributed by atoms with van der Waals surface area (Å²) in [6.45, 7) is 9.72. The number of rotatable bonds is 28. The quantitative estimate of drug-likeness (QED) is 0.0338. The Hall–Kier alpha value is -4.12. The summed E-state index contributed by atoms with van der Waals surface area (Å²) in [4.78, 5) is 70.0. The Morgan fingerprint density at radius 3 is 1.04 bits per heavy atom. The van der Waals surface area contributed by atoms with Gasteiger partial charge in [-0.1, -0.05) is 19.7 Å². The van der Waals surface area contributed by atoms with Crippen LogP contribution in [0.1, 0.15) is 19.3 Å². The van der Waals surface area contributed by atoms with E-state index < -0.39 is 67.7 Å². The molecular formula is C29H45N3O13. The Labute approximate surface area is 262 Å². The molecule has 0 bridgehead atoms. The van der Waals surface area contributed by atoms with Gasteiger partial charge in [0.1, 0.15) is 39.6 Å². The van der Waals surface area contributed by atoms with Crippen molar-refractivity contribution in [2.75, 3.05) is 85.5 Å². The minimum Gasteiger partial charge on any atom is -0.465 e. The summed E-state index contributed by atoms with van der Waals surface area (Å²) >= 11 is 0. The average molecular weight is 644 g/mol. The second-order valence-corrected chi connectivity index (χ2v) is 9.26. The predicted molar refractivity (Wildman–Crippen MR) is 158 cm³/mol. The number of hydrogen-bond donors (Lipinski definition) is 4. The zero-order valence-electron chi connectivity index (χ0n) is 25.5. The number of hydrogen-bond acceptors (Lipinski definition) is 16. The third kappa shape index (κ3) is 23.0. The molecule has 0 rings (SSSR count). The van der Waals surface area contributed by atoms with Crippen LogP contribution in [0.4, 0.5) is 0 Å². The average Bonchev–Trinajstić information content (AvgIpc) is 3.05. The van der Waals surface area contributed by atoms with Crippen LogP contribution in [0.15, 0.2) is 38.0 Å². The first-order chi connectivity index (χ1) is 21.6. The second kappa shape index (κ2) is 26.3. The largest absolute Gasteiger partial charge is 0.465 e. The van der Waals surface area contributed by atoms with Gasteiger partial charge < -0.3 is 49.5 Å². The normalized spacial score (nSPS) is 10.6. The lowest BCUT2D eigenvalue weighted by Crippen LogP contribution is -2.43. The van der Waals surface area contributed by atoms with Crippen molar-refractivity contribution in [3.05, 3.63) is 38.0 Å². The lowest BCUT2D eigenvalue weighted by Gasteiger charge is -2.30. The molecule has 0 aliphatic heterocycles. The standard InChI is InChI=1S/C29H45N3O13/c1-4-23(34)40-16-13-30-10-7-26(37)43-20-29(19-33,21-44-27(38)8-11-31-14-17-41-24(35)5-2)22-45-28(39)9-12-32-15-18-42-25(36)6-3/h4-6,30-33H,1-3,7-22H2. The fourth-order valence-corrected chi connectivity index (χ4v) is 2.97. The van der Waals surface area contributed by atoms with Crippen LogP contribution in [-0.4, -0.2) is 126 Å². The number of aliphatic hydroxyl groups excluding tert-OH is 1. The van der Waals surface area contributed by atoms with E-state index in [1.54, 1.807) is 0 Å². The SMILES string of the molecule is C=CC(=O)OCCNCCC(=O)OCC(CO)(COC(=O)CCNCCOC(=O)C=C)COC(=O)CCNCCOC(=O)C=C. The van der Waals surface area contributed by atoms with Gasteiger partial charge in [0.25, 0.3) is 0 Å². The van der Waals surface area contributed by atoms with Crippen molar-refractivity contribution >= 4 is 35.8 Å². The van der Waals surface area contributed by atoms with Crippen molar-refractivity contribution in [2.24, 2.45) is 5.41 Å². The van der Waals surface area contributed by atoms with Crippen molar-refractivity contribution in [1.29, 1.82) is 0 Å². The summed E-state index contributed by atoms with van der Waals surface area (Å²) in [5.74, 6) is -3.60. The van der Waals surface area contributed by atoms with Crippen molar-refractivity contribution in [3.8, 4) is 0 Å². The molecule has 0 radical (unpaired) electrons. The minimum atomic E-state index is -1.44. The summed E-state index contributed by atoms with van der Waals surface area (Å²) in [6.07, 6.45) is 2.93. The van der Waals surface area contributed by atoms with Gasteiger partial charge in [-0.05, 0) is 0 Å². The highest BCUT2D eigenvalue weighted by molar-refractivity contribution is 5.81. The molecule has 254 valence electrons. The molecule has 0 amide bonds. The Morgan fingerprint density at radius 2 is 0.800 bits per heavy atom. The third-order valence-corrected chi connectivity index (χ3v) is 5.54.